The number of hydrogen-bond acceptors (Lipinski definition) is 3. The quantitative estimate of drug-likeness (QED) is 0.634. The number of halogens is 1. The Labute approximate surface area is 71.6 Å². The molecule has 0 amide bonds. The third-order valence-corrected chi connectivity index (χ3v) is 1.61. The van der Waals surface area contributed by atoms with Crippen LogP contribution < -0.4 is 11.2 Å². The molecule has 0 aromatic carbocycles. The number of H-pyrrole nitrogens is 2. The van der Waals surface area contributed by atoms with Crippen molar-refractivity contribution < 1.29 is 0 Å². The number of rotatable bonds is 1. The second-order valence-corrected chi connectivity index (χ2v) is 2.41. The molecule has 12 heavy (non-hydrogen) atoms. The topological polar surface area (TPSA) is 89.5 Å². The minimum absolute atomic E-state index is 0.0853. The van der Waals surface area contributed by atoms with Crippen LogP contribution in [0, 0.1) is 11.3 Å². The monoisotopic (exact) mass is 185 g/mol. The van der Waals surface area contributed by atoms with E-state index in [1.807, 2.05) is 4.98 Å². The summed E-state index contributed by atoms with van der Waals surface area (Å²) < 4.78 is 0. The zero-order valence-electron chi connectivity index (χ0n) is 5.85. The molecule has 0 unspecified atom stereocenters. The van der Waals surface area contributed by atoms with Crippen LogP contribution in [-0.2, 0) is 6.42 Å². The van der Waals surface area contributed by atoms with Gasteiger partial charge >= 0.3 is 5.69 Å². The largest absolute Gasteiger partial charge is 0.326 e. The number of aromatic amines is 2. The molecule has 0 aliphatic rings. The maximum atomic E-state index is 10.8. The number of nitriles is 1. The molecule has 0 bridgehead atoms. The van der Waals surface area contributed by atoms with E-state index < -0.39 is 11.2 Å². The maximum absolute atomic E-state index is 10.8. The zero-order chi connectivity index (χ0) is 9.14. The van der Waals surface area contributed by atoms with Crippen LogP contribution in [0.25, 0.3) is 0 Å². The van der Waals surface area contributed by atoms with Crippen LogP contribution in [0.3, 0.4) is 0 Å². The van der Waals surface area contributed by atoms with Crippen molar-refractivity contribution >= 4 is 11.6 Å². The van der Waals surface area contributed by atoms with Gasteiger partial charge in [0.2, 0.25) is 0 Å². The average Bonchev–Trinajstić information content (AvgIpc) is 2.00. The molecule has 0 aliphatic heterocycles. The predicted molar refractivity (Wildman–Crippen MR) is 42.0 cm³/mol. The lowest BCUT2D eigenvalue weighted by Crippen LogP contribution is -2.24. The number of aromatic nitrogens is 2. The highest BCUT2D eigenvalue weighted by Gasteiger charge is 2.04. The molecule has 1 aromatic rings. The molecule has 1 heterocycles. The van der Waals surface area contributed by atoms with E-state index in [0.717, 1.165) is 0 Å². The van der Waals surface area contributed by atoms with Gasteiger partial charge in [0.05, 0.1) is 18.2 Å². The summed E-state index contributed by atoms with van der Waals surface area (Å²) in [4.78, 5) is 25.7. The second kappa shape index (κ2) is 3.24. The Balaban J connectivity index is 3.40. The van der Waals surface area contributed by atoms with Gasteiger partial charge in [-0.25, -0.2) is 4.79 Å². The highest BCUT2D eigenvalue weighted by molar-refractivity contribution is 6.31. The van der Waals surface area contributed by atoms with Gasteiger partial charge in [-0.1, -0.05) is 11.6 Å². The number of hydrogen-bond donors (Lipinski definition) is 2. The summed E-state index contributed by atoms with van der Waals surface area (Å²) in [6.45, 7) is 0. The van der Waals surface area contributed by atoms with Gasteiger partial charge in [-0.3, -0.25) is 9.78 Å². The minimum atomic E-state index is -0.675. The van der Waals surface area contributed by atoms with Crippen molar-refractivity contribution in [2.45, 2.75) is 6.42 Å². The van der Waals surface area contributed by atoms with Gasteiger partial charge in [0.1, 0.15) is 5.02 Å². The van der Waals surface area contributed by atoms with Crippen LogP contribution in [0.4, 0.5) is 0 Å². The summed E-state index contributed by atoms with van der Waals surface area (Å²) in [6.07, 6.45) is -0.0853. The van der Waals surface area contributed by atoms with E-state index in [1.54, 1.807) is 6.07 Å². The van der Waals surface area contributed by atoms with E-state index in [0.29, 0.717) is 0 Å². The predicted octanol–water partition coefficient (Wildman–Crippen LogP) is -0.217. The van der Waals surface area contributed by atoms with Crippen molar-refractivity contribution in [3.8, 4) is 6.07 Å². The van der Waals surface area contributed by atoms with Gasteiger partial charge in [-0.15, -0.1) is 0 Å². The first-order chi connectivity index (χ1) is 5.65. The molecule has 0 atom stereocenters. The van der Waals surface area contributed by atoms with Gasteiger partial charge in [0.25, 0.3) is 5.56 Å². The van der Waals surface area contributed by atoms with Gasteiger partial charge in [-0.05, 0) is 0 Å². The van der Waals surface area contributed by atoms with E-state index in [1.165, 1.54) is 0 Å². The average molecular weight is 186 g/mol. The van der Waals surface area contributed by atoms with E-state index in [4.69, 9.17) is 16.9 Å². The van der Waals surface area contributed by atoms with Gasteiger partial charge < -0.3 is 4.98 Å². The van der Waals surface area contributed by atoms with Gasteiger partial charge in [-0.2, -0.15) is 5.26 Å². The first-order valence-electron chi connectivity index (χ1n) is 3.03. The van der Waals surface area contributed by atoms with Crippen molar-refractivity contribution in [1.29, 1.82) is 5.26 Å². The molecule has 1 aromatic heterocycles. The summed E-state index contributed by atoms with van der Waals surface area (Å²) in [5, 5.41) is 8.14. The normalized spacial score (nSPS) is 9.33. The molecule has 0 saturated heterocycles. The lowest BCUT2D eigenvalue weighted by molar-refractivity contribution is 0.968. The second-order valence-electron chi connectivity index (χ2n) is 2.04. The summed E-state index contributed by atoms with van der Waals surface area (Å²) in [5.74, 6) is 0. The maximum Gasteiger partial charge on any atom is 0.326 e. The molecular weight excluding hydrogens is 182 g/mol. The van der Waals surface area contributed by atoms with Crippen LogP contribution in [0.1, 0.15) is 5.69 Å². The fourth-order valence-electron chi connectivity index (χ4n) is 0.719. The summed E-state index contributed by atoms with van der Waals surface area (Å²) >= 11 is 5.48. The molecule has 2 N–H and O–H groups in total. The Kier molecular flexibility index (Phi) is 2.31. The van der Waals surface area contributed by atoms with Crippen molar-refractivity contribution in [3.05, 3.63) is 31.6 Å². The first-order valence-corrected chi connectivity index (χ1v) is 3.41. The zero-order valence-corrected chi connectivity index (χ0v) is 6.60. The molecular formula is C6H4ClN3O2. The molecule has 0 fully saturated rings. The van der Waals surface area contributed by atoms with Crippen molar-refractivity contribution in [3.63, 3.8) is 0 Å². The summed E-state index contributed by atoms with van der Waals surface area (Å²) in [7, 11) is 0. The third-order valence-electron chi connectivity index (χ3n) is 1.21. The molecule has 5 nitrogen and oxygen atoms in total. The van der Waals surface area contributed by atoms with E-state index in [9.17, 15) is 9.59 Å². The fourth-order valence-corrected chi connectivity index (χ4v) is 0.880. The lowest BCUT2D eigenvalue weighted by Gasteiger charge is -1.94. The Morgan fingerprint density at radius 1 is 1.42 bits per heavy atom. The molecule has 62 valence electrons. The Morgan fingerprint density at radius 3 is 2.67 bits per heavy atom. The SMILES string of the molecule is N#CCc1[nH]c(=O)[nH]c(=O)c1Cl. The Bertz CT molecular complexity index is 439. The third kappa shape index (κ3) is 1.54. The van der Waals surface area contributed by atoms with Crippen molar-refractivity contribution in [1.82, 2.24) is 9.97 Å². The number of nitrogens with zero attached hydrogens (tertiary/aromatic N) is 1. The number of nitrogens with one attached hydrogen (secondary N) is 2. The molecule has 0 spiro atoms. The van der Waals surface area contributed by atoms with Crippen LogP contribution in [-0.4, -0.2) is 9.97 Å². The molecule has 0 saturated carbocycles. The van der Waals surface area contributed by atoms with E-state index in [2.05, 4.69) is 4.98 Å². The van der Waals surface area contributed by atoms with Crippen molar-refractivity contribution in [2.24, 2.45) is 0 Å². The summed E-state index contributed by atoms with van der Waals surface area (Å²) in [6, 6.07) is 1.77. The molecule has 1 rings (SSSR count). The van der Waals surface area contributed by atoms with Gasteiger partial charge in [0.15, 0.2) is 0 Å². The molecule has 0 radical (unpaired) electrons. The summed E-state index contributed by atoms with van der Waals surface area (Å²) in [5.41, 5.74) is -1.19. The fraction of sp³-hybridized carbons (Fsp3) is 0.167. The molecule has 0 aliphatic carbocycles. The highest BCUT2D eigenvalue weighted by Crippen LogP contribution is 2.04. The van der Waals surface area contributed by atoms with E-state index in [-0.39, 0.29) is 17.1 Å². The first kappa shape index (κ1) is 8.56. The molecule has 6 heteroatoms. The Hall–Kier alpha value is -1.54. The smallest absolute Gasteiger partial charge is 0.309 e. The standard InChI is InChI=1S/C6H4ClN3O2/c7-4-3(1-2-8)9-6(12)10-5(4)11/h1H2,(H2,9,10,11,12). The van der Waals surface area contributed by atoms with Crippen molar-refractivity contribution in [2.75, 3.05) is 0 Å². The van der Waals surface area contributed by atoms with Crippen LogP contribution in [0.15, 0.2) is 9.59 Å². The van der Waals surface area contributed by atoms with Crippen LogP contribution in [0.5, 0.6) is 0 Å². The van der Waals surface area contributed by atoms with Crippen LogP contribution >= 0.6 is 11.6 Å². The highest BCUT2D eigenvalue weighted by atomic mass is 35.5. The van der Waals surface area contributed by atoms with Gasteiger partial charge in [0, 0.05) is 0 Å². The Morgan fingerprint density at radius 2 is 2.08 bits per heavy atom. The minimum Gasteiger partial charge on any atom is -0.309 e. The lowest BCUT2D eigenvalue weighted by atomic mass is 10.3. The van der Waals surface area contributed by atoms with Crippen LogP contribution in [0.2, 0.25) is 5.02 Å². The van der Waals surface area contributed by atoms with E-state index >= 15 is 0 Å².